The highest BCUT2D eigenvalue weighted by atomic mass is 16.5. The first-order chi connectivity index (χ1) is 8.70. The number of ketones is 1. The summed E-state index contributed by atoms with van der Waals surface area (Å²) in [5.74, 6) is 1.71. The summed E-state index contributed by atoms with van der Waals surface area (Å²) in [5, 5.41) is 0. The van der Waals surface area contributed by atoms with E-state index in [4.69, 9.17) is 14.2 Å². The number of rotatable bonds is 5. The Kier molecular flexibility index (Phi) is 4.20. The zero-order valence-corrected chi connectivity index (χ0v) is 10.8. The summed E-state index contributed by atoms with van der Waals surface area (Å²) in [4.78, 5) is 11.5. The Labute approximate surface area is 107 Å². The molecule has 1 aromatic carbocycles. The minimum absolute atomic E-state index is 0.0264. The number of ether oxygens (including phenoxy) is 3. The maximum absolute atomic E-state index is 11.5. The van der Waals surface area contributed by atoms with E-state index in [1.165, 1.54) is 6.92 Å². The van der Waals surface area contributed by atoms with Crippen LogP contribution in [-0.4, -0.2) is 32.7 Å². The van der Waals surface area contributed by atoms with Gasteiger partial charge in [-0.15, -0.1) is 0 Å². The highest BCUT2D eigenvalue weighted by Crippen LogP contribution is 2.25. The number of benzene rings is 1. The second kappa shape index (κ2) is 5.87. The Bertz CT molecular complexity index is 422. The first-order valence-corrected chi connectivity index (χ1v) is 6.10. The molecule has 18 heavy (non-hydrogen) atoms. The van der Waals surface area contributed by atoms with Crippen molar-refractivity contribution in [2.45, 2.75) is 13.3 Å². The molecule has 1 aliphatic rings. The lowest BCUT2D eigenvalue weighted by Gasteiger charge is -2.12. The van der Waals surface area contributed by atoms with Crippen LogP contribution in [0.1, 0.15) is 23.7 Å². The minimum Gasteiger partial charge on any atom is -0.496 e. The normalized spacial score (nSPS) is 18.7. The summed E-state index contributed by atoms with van der Waals surface area (Å²) in [6, 6.07) is 5.31. The smallest absolute Gasteiger partial charge is 0.163 e. The van der Waals surface area contributed by atoms with E-state index in [0.29, 0.717) is 29.6 Å². The van der Waals surface area contributed by atoms with E-state index in [9.17, 15) is 4.79 Å². The van der Waals surface area contributed by atoms with Crippen molar-refractivity contribution in [1.29, 1.82) is 0 Å². The van der Waals surface area contributed by atoms with Gasteiger partial charge in [0.15, 0.2) is 5.78 Å². The first kappa shape index (κ1) is 12.9. The monoisotopic (exact) mass is 250 g/mol. The number of hydrogen-bond donors (Lipinski definition) is 0. The van der Waals surface area contributed by atoms with Crippen molar-refractivity contribution in [3.05, 3.63) is 23.8 Å². The van der Waals surface area contributed by atoms with Crippen LogP contribution in [0.25, 0.3) is 0 Å². The molecule has 1 aromatic rings. The predicted octanol–water partition coefficient (Wildman–Crippen LogP) is 2.31. The number of carbonyl (C=O) groups excluding carboxylic acids is 1. The van der Waals surface area contributed by atoms with Crippen LogP contribution < -0.4 is 9.47 Å². The van der Waals surface area contributed by atoms with Crippen LogP contribution in [-0.2, 0) is 4.74 Å². The molecule has 1 saturated heterocycles. The fraction of sp³-hybridized carbons (Fsp3) is 0.500. The van der Waals surface area contributed by atoms with Crippen molar-refractivity contribution in [2.24, 2.45) is 5.92 Å². The van der Waals surface area contributed by atoms with Crippen LogP contribution in [0, 0.1) is 5.92 Å². The molecule has 0 unspecified atom stereocenters. The lowest BCUT2D eigenvalue weighted by molar-refractivity contribution is 0.101. The molecule has 0 bridgehead atoms. The van der Waals surface area contributed by atoms with Crippen LogP contribution in [0.2, 0.25) is 0 Å². The molecule has 1 aliphatic heterocycles. The Balaban J connectivity index is 2.04. The van der Waals surface area contributed by atoms with Gasteiger partial charge in [0.05, 0.1) is 25.9 Å². The van der Waals surface area contributed by atoms with E-state index < -0.39 is 0 Å². The molecule has 0 radical (unpaired) electrons. The summed E-state index contributed by atoms with van der Waals surface area (Å²) < 4.78 is 16.1. The largest absolute Gasteiger partial charge is 0.496 e. The fourth-order valence-corrected chi connectivity index (χ4v) is 1.98. The second-order valence-electron chi connectivity index (χ2n) is 4.46. The summed E-state index contributed by atoms with van der Waals surface area (Å²) in [6.07, 6.45) is 1.04. The number of methoxy groups -OCH3 is 1. The molecule has 1 heterocycles. The zero-order chi connectivity index (χ0) is 13.0. The molecule has 0 aromatic heterocycles. The summed E-state index contributed by atoms with van der Waals surface area (Å²) >= 11 is 0. The summed E-state index contributed by atoms with van der Waals surface area (Å²) in [7, 11) is 1.55. The van der Waals surface area contributed by atoms with Gasteiger partial charge in [0.1, 0.15) is 11.5 Å². The highest BCUT2D eigenvalue weighted by molar-refractivity contribution is 5.97. The second-order valence-corrected chi connectivity index (χ2v) is 4.46. The van der Waals surface area contributed by atoms with Crippen molar-refractivity contribution >= 4 is 5.78 Å². The molecule has 0 N–H and O–H groups in total. The van der Waals surface area contributed by atoms with E-state index in [1.54, 1.807) is 19.2 Å². The third-order valence-corrected chi connectivity index (χ3v) is 3.06. The topological polar surface area (TPSA) is 44.8 Å². The van der Waals surface area contributed by atoms with Crippen molar-refractivity contribution in [2.75, 3.05) is 26.9 Å². The molecule has 4 nitrogen and oxygen atoms in total. The SMILES string of the molecule is COc1ccc(OC[C@@H]2CCOC2)cc1C(C)=O. The van der Waals surface area contributed by atoms with E-state index in [1.807, 2.05) is 6.07 Å². The van der Waals surface area contributed by atoms with Gasteiger partial charge in [-0.2, -0.15) is 0 Å². The number of hydrogen-bond acceptors (Lipinski definition) is 4. The van der Waals surface area contributed by atoms with Crippen molar-refractivity contribution in [3.63, 3.8) is 0 Å². The van der Waals surface area contributed by atoms with Gasteiger partial charge in [0.25, 0.3) is 0 Å². The van der Waals surface area contributed by atoms with Gasteiger partial charge in [0, 0.05) is 12.5 Å². The Morgan fingerprint density at radius 2 is 2.33 bits per heavy atom. The highest BCUT2D eigenvalue weighted by Gasteiger charge is 2.17. The molecule has 2 rings (SSSR count). The van der Waals surface area contributed by atoms with Crippen molar-refractivity contribution < 1.29 is 19.0 Å². The fourth-order valence-electron chi connectivity index (χ4n) is 1.98. The predicted molar refractivity (Wildman–Crippen MR) is 67.4 cm³/mol. The molecule has 98 valence electrons. The quantitative estimate of drug-likeness (QED) is 0.752. The molecule has 0 amide bonds. The maximum atomic E-state index is 11.5. The number of carbonyl (C=O) groups is 1. The van der Waals surface area contributed by atoms with Crippen LogP contribution in [0.3, 0.4) is 0 Å². The van der Waals surface area contributed by atoms with Crippen molar-refractivity contribution in [1.82, 2.24) is 0 Å². The Morgan fingerprint density at radius 3 is 2.94 bits per heavy atom. The minimum atomic E-state index is -0.0264. The molecule has 4 heteroatoms. The standard InChI is InChI=1S/C14H18O4/c1-10(15)13-7-12(3-4-14(13)16-2)18-9-11-5-6-17-8-11/h3-4,7,11H,5-6,8-9H2,1-2H3/t11-/m1/s1. The molecular weight excluding hydrogens is 232 g/mol. The molecule has 0 aliphatic carbocycles. The van der Waals surface area contributed by atoms with Crippen molar-refractivity contribution in [3.8, 4) is 11.5 Å². The molecule has 1 fully saturated rings. The van der Waals surface area contributed by atoms with Gasteiger partial charge in [-0.3, -0.25) is 4.79 Å². The van der Waals surface area contributed by atoms with Crippen LogP contribution in [0.5, 0.6) is 11.5 Å². The number of Topliss-reactive ketones (excluding diaryl/α,β-unsaturated/α-hetero) is 1. The molecule has 0 saturated carbocycles. The van der Waals surface area contributed by atoms with E-state index in [0.717, 1.165) is 19.6 Å². The maximum Gasteiger partial charge on any atom is 0.163 e. The lowest BCUT2D eigenvalue weighted by Crippen LogP contribution is -2.12. The van der Waals surface area contributed by atoms with Gasteiger partial charge in [-0.1, -0.05) is 0 Å². The average molecular weight is 250 g/mol. The Hall–Kier alpha value is -1.55. The molecular formula is C14H18O4. The van der Waals surface area contributed by atoms with Gasteiger partial charge >= 0.3 is 0 Å². The Morgan fingerprint density at radius 1 is 1.50 bits per heavy atom. The first-order valence-electron chi connectivity index (χ1n) is 6.10. The lowest BCUT2D eigenvalue weighted by atomic mass is 10.1. The van der Waals surface area contributed by atoms with Gasteiger partial charge < -0.3 is 14.2 Å². The van der Waals surface area contributed by atoms with Crippen LogP contribution >= 0.6 is 0 Å². The van der Waals surface area contributed by atoms with E-state index in [-0.39, 0.29) is 5.78 Å². The van der Waals surface area contributed by atoms with Gasteiger partial charge in [-0.05, 0) is 31.5 Å². The summed E-state index contributed by atoms with van der Waals surface area (Å²) in [6.45, 7) is 3.72. The average Bonchev–Trinajstić information content (AvgIpc) is 2.89. The van der Waals surface area contributed by atoms with E-state index >= 15 is 0 Å². The third kappa shape index (κ3) is 3.01. The van der Waals surface area contributed by atoms with Gasteiger partial charge in [-0.25, -0.2) is 0 Å². The van der Waals surface area contributed by atoms with Crippen LogP contribution in [0.4, 0.5) is 0 Å². The van der Waals surface area contributed by atoms with E-state index in [2.05, 4.69) is 0 Å². The molecule has 1 atom stereocenters. The zero-order valence-electron chi connectivity index (χ0n) is 10.8. The molecule has 0 spiro atoms. The van der Waals surface area contributed by atoms with Crippen LogP contribution in [0.15, 0.2) is 18.2 Å². The van der Waals surface area contributed by atoms with Gasteiger partial charge in [0.2, 0.25) is 0 Å². The summed E-state index contributed by atoms with van der Waals surface area (Å²) in [5.41, 5.74) is 0.553. The third-order valence-electron chi connectivity index (χ3n) is 3.06.